The maximum atomic E-state index is 12.1. The maximum absolute atomic E-state index is 12.1. The highest BCUT2D eigenvalue weighted by Crippen LogP contribution is 2.14. The fourth-order valence-electron chi connectivity index (χ4n) is 2.18. The van der Waals surface area contributed by atoms with Gasteiger partial charge in [-0.1, -0.05) is 12.1 Å². The zero-order valence-corrected chi connectivity index (χ0v) is 12.0. The Labute approximate surface area is 120 Å². The van der Waals surface area contributed by atoms with Crippen LogP contribution in [0.1, 0.15) is 18.4 Å². The number of ether oxygens (including phenoxy) is 1. The number of nitrogens with zero attached hydrogens (tertiary/aromatic N) is 1. The van der Waals surface area contributed by atoms with Crippen molar-refractivity contribution in [2.24, 2.45) is 5.73 Å². The lowest BCUT2D eigenvalue weighted by Crippen LogP contribution is -2.43. The molecule has 1 aliphatic heterocycles. The second kappa shape index (κ2) is 7.36. The average molecular weight is 285 g/mol. The first-order chi connectivity index (χ1) is 8.69. The number of nitrogens with two attached hydrogens (primary N) is 1. The first-order valence-electron chi connectivity index (χ1n) is 6.35. The highest BCUT2D eigenvalue weighted by atomic mass is 35.5. The lowest BCUT2D eigenvalue weighted by molar-refractivity contribution is -0.131. The summed E-state index contributed by atoms with van der Waals surface area (Å²) < 4.78 is 5.09. The minimum absolute atomic E-state index is 0. The topological polar surface area (TPSA) is 55.6 Å². The van der Waals surface area contributed by atoms with Crippen LogP contribution in [0, 0.1) is 0 Å². The van der Waals surface area contributed by atoms with Gasteiger partial charge in [0.1, 0.15) is 5.75 Å². The third-order valence-corrected chi connectivity index (χ3v) is 3.41. The van der Waals surface area contributed by atoms with Crippen LogP contribution in [-0.2, 0) is 11.2 Å². The summed E-state index contributed by atoms with van der Waals surface area (Å²) in [7, 11) is 1.64. The predicted molar refractivity (Wildman–Crippen MR) is 77.7 cm³/mol. The van der Waals surface area contributed by atoms with Gasteiger partial charge >= 0.3 is 0 Å². The van der Waals surface area contributed by atoms with Crippen LogP contribution < -0.4 is 10.5 Å². The Hall–Kier alpha value is -1.26. The fourth-order valence-corrected chi connectivity index (χ4v) is 2.18. The molecule has 0 aromatic heterocycles. The van der Waals surface area contributed by atoms with Crippen LogP contribution in [0.4, 0.5) is 0 Å². The van der Waals surface area contributed by atoms with Gasteiger partial charge in [-0.25, -0.2) is 0 Å². The van der Waals surface area contributed by atoms with Crippen molar-refractivity contribution in [1.29, 1.82) is 0 Å². The molecule has 0 atom stereocenters. The lowest BCUT2D eigenvalue weighted by Gasteiger charge is -2.30. The Balaban J connectivity index is 0.00000180. The zero-order valence-electron chi connectivity index (χ0n) is 11.2. The molecule has 106 valence electrons. The molecule has 2 N–H and O–H groups in total. The molecule has 0 radical (unpaired) electrons. The van der Waals surface area contributed by atoms with Crippen LogP contribution in [0.2, 0.25) is 0 Å². The number of likely N-dealkylation sites (tertiary alicyclic amines) is 1. The van der Waals surface area contributed by atoms with Crippen molar-refractivity contribution in [2.45, 2.75) is 25.3 Å². The summed E-state index contributed by atoms with van der Waals surface area (Å²) >= 11 is 0. The summed E-state index contributed by atoms with van der Waals surface area (Å²) in [6, 6.07) is 7.90. The second-order valence-electron chi connectivity index (χ2n) is 4.74. The summed E-state index contributed by atoms with van der Waals surface area (Å²) in [6.07, 6.45) is 2.28. The smallest absolute Gasteiger partial charge is 0.226 e. The number of amides is 1. The van der Waals surface area contributed by atoms with Gasteiger partial charge in [0.2, 0.25) is 5.91 Å². The van der Waals surface area contributed by atoms with Gasteiger partial charge in [-0.15, -0.1) is 12.4 Å². The molecule has 4 nitrogen and oxygen atoms in total. The number of carbonyl (C=O) groups is 1. The molecule has 1 amide bonds. The van der Waals surface area contributed by atoms with E-state index in [1.807, 2.05) is 29.2 Å². The van der Waals surface area contributed by atoms with E-state index in [0.717, 1.165) is 37.2 Å². The molecule has 0 unspecified atom stereocenters. The summed E-state index contributed by atoms with van der Waals surface area (Å²) in [5.41, 5.74) is 6.85. The minimum atomic E-state index is 0. The van der Waals surface area contributed by atoms with Crippen molar-refractivity contribution in [3.05, 3.63) is 29.8 Å². The standard InChI is InChI=1S/C14H20N2O2.ClH/c1-18-13-4-2-11(3-5-13)10-14(17)16-8-6-12(15)7-9-16;/h2-5,12H,6-10,15H2,1H3;1H. The number of piperidine rings is 1. The summed E-state index contributed by atoms with van der Waals surface area (Å²) in [5.74, 6) is 1.00. The number of halogens is 1. The van der Waals surface area contributed by atoms with Crippen LogP contribution in [0.3, 0.4) is 0 Å². The SMILES string of the molecule is COc1ccc(CC(=O)N2CCC(N)CC2)cc1.Cl. The Morgan fingerprint density at radius 3 is 2.42 bits per heavy atom. The van der Waals surface area contributed by atoms with E-state index in [-0.39, 0.29) is 24.4 Å². The number of carbonyl (C=O) groups excluding carboxylic acids is 1. The molecule has 0 spiro atoms. The van der Waals surface area contributed by atoms with E-state index in [2.05, 4.69) is 0 Å². The van der Waals surface area contributed by atoms with Crippen molar-refractivity contribution >= 4 is 18.3 Å². The molecule has 19 heavy (non-hydrogen) atoms. The first-order valence-corrected chi connectivity index (χ1v) is 6.35. The van der Waals surface area contributed by atoms with E-state index in [9.17, 15) is 4.79 Å². The van der Waals surface area contributed by atoms with Crippen molar-refractivity contribution in [2.75, 3.05) is 20.2 Å². The van der Waals surface area contributed by atoms with Crippen molar-refractivity contribution in [3.8, 4) is 5.75 Å². The van der Waals surface area contributed by atoms with Gasteiger partial charge in [-0.2, -0.15) is 0 Å². The Kier molecular flexibility index (Phi) is 6.12. The molecule has 1 aromatic carbocycles. The van der Waals surface area contributed by atoms with E-state index in [1.54, 1.807) is 7.11 Å². The van der Waals surface area contributed by atoms with Crippen LogP contribution in [0.25, 0.3) is 0 Å². The normalized spacial score (nSPS) is 15.8. The van der Waals surface area contributed by atoms with E-state index in [1.165, 1.54) is 0 Å². The van der Waals surface area contributed by atoms with Crippen molar-refractivity contribution < 1.29 is 9.53 Å². The number of hydrogen-bond acceptors (Lipinski definition) is 3. The monoisotopic (exact) mass is 284 g/mol. The molecule has 1 saturated heterocycles. The summed E-state index contributed by atoms with van der Waals surface area (Å²) in [6.45, 7) is 1.58. The number of hydrogen-bond donors (Lipinski definition) is 1. The van der Waals surface area contributed by atoms with E-state index in [0.29, 0.717) is 6.42 Å². The average Bonchev–Trinajstić information content (AvgIpc) is 2.40. The van der Waals surface area contributed by atoms with E-state index >= 15 is 0 Å². The molecule has 0 saturated carbocycles. The highest BCUT2D eigenvalue weighted by molar-refractivity contribution is 5.85. The molecule has 1 aromatic rings. The van der Waals surface area contributed by atoms with E-state index < -0.39 is 0 Å². The number of rotatable bonds is 3. The highest BCUT2D eigenvalue weighted by Gasteiger charge is 2.20. The van der Waals surface area contributed by atoms with Gasteiger partial charge in [0.15, 0.2) is 0 Å². The third-order valence-electron chi connectivity index (χ3n) is 3.41. The van der Waals surface area contributed by atoms with Gasteiger partial charge in [0, 0.05) is 19.1 Å². The van der Waals surface area contributed by atoms with Gasteiger partial charge in [0.05, 0.1) is 13.5 Å². The molecule has 0 bridgehead atoms. The molecule has 1 heterocycles. The van der Waals surface area contributed by atoms with Crippen molar-refractivity contribution in [3.63, 3.8) is 0 Å². The van der Waals surface area contributed by atoms with Crippen LogP contribution in [0.15, 0.2) is 24.3 Å². The Morgan fingerprint density at radius 1 is 1.32 bits per heavy atom. The molecule has 2 rings (SSSR count). The predicted octanol–water partition coefficient (Wildman–Crippen LogP) is 1.61. The maximum Gasteiger partial charge on any atom is 0.226 e. The molecule has 1 fully saturated rings. The van der Waals surface area contributed by atoms with Gasteiger partial charge in [-0.3, -0.25) is 4.79 Å². The lowest BCUT2D eigenvalue weighted by atomic mass is 10.0. The van der Waals surface area contributed by atoms with Gasteiger partial charge < -0.3 is 15.4 Å². The second-order valence-corrected chi connectivity index (χ2v) is 4.74. The van der Waals surface area contributed by atoms with Crippen LogP contribution >= 0.6 is 12.4 Å². The first kappa shape index (κ1) is 15.8. The molecular weight excluding hydrogens is 264 g/mol. The molecule has 1 aliphatic rings. The molecule has 0 aliphatic carbocycles. The number of methoxy groups -OCH3 is 1. The molecule has 5 heteroatoms. The van der Waals surface area contributed by atoms with Gasteiger partial charge in [0.25, 0.3) is 0 Å². The van der Waals surface area contributed by atoms with Crippen LogP contribution in [0.5, 0.6) is 5.75 Å². The van der Waals surface area contributed by atoms with Crippen molar-refractivity contribution in [1.82, 2.24) is 4.90 Å². The van der Waals surface area contributed by atoms with E-state index in [4.69, 9.17) is 10.5 Å². The summed E-state index contributed by atoms with van der Waals surface area (Å²) in [4.78, 5) is 14.0. The molecular formula is C14H21ClN2O2. The largest absolute Gasteiger partial charge is 0.497 e. The third kappa shape index (κ3) is 4.40. The Morgan fingerprint density at radius 2 is 1.89 bits per heavy atom. The Bertz CT molecular complexity index is 400. The van der Waals surface area contributed by atoms with Crippen LogP contribution in [-0.4, -0.2) is 37.0 Å². The minimum Gasteiger partial charge on any atom is -0.497 e. The quantitative estimate of drug-likeness (QED) is 0.917. The fraction of sp³-hybridized carbons (Fsp3) is 0.500. The zero-order chi connectivity index (χ0) is 13.0. The summed E-state index contributed by atoms with van der Waals surface area (Å²) in [5, 5.41) is 0. The number of benzene rings is 1. The van der Waals surface area contributed by atoms with Gasteiger partial charge in [-0.05, 0) is 30.5 Å².